The van der Waals surface area contributed by atoms with Crippen LogP contribution in [0.5, 0.6) is 0 Å². The minimum atomic E-state index is -0.575. The molecular formula is C19H25N3O5. The number of aromatic nitrogens is 2. The molecule has 0 saturated heterocycles. The van der Waals surface area contributed by atoms with Gasteiger partial charge in [-0.1, -0.05) is 26.7 Å². The summed E-state index contributed by atoms with van der Waals surface area (Å²) in [5, 5.41) is 3.02. The Bertz CT molecular complexity index is 808. The average Bonchev–Trinajstić information content (AvgIpc) is 3.27. The highest BCUT2D eigenvalue weighted by Crippen LogP contribution is 2.31. The van der Waals surface area contributed by atoms with Crippen molar-refractivity contribution in [3.8, 4) is 11.6 Å². The van der Waals surface area contributed by atoms with Gasteiger partial charge in [-0.05, 0) is 18.8 Å². The molecular weight excluding hydrogens is 350 g/mol. The number of nitrogens with one attached hydrogen (secondary N) is 1. The van der Waals surface area contributed by atoms with E-state index < -0.39 is 5.97 Å². The van der Waals surface area contributed by atoms with E-state index in [0.717, 1.165) is 25.7 Å². The number of oxazole rings is 2. The number of hydrogen-bond acceptors (Lipinski definition) is 7. The van der Waals surface area contributed by atoms with Gasteiger partial charge in [-0.3, -0.25) is 4.79 Å². The highest BCUT2D eigenvalue weighted by Gasteiger charge is 2.28. The lowest BCUT2D eigenvalue weighted by atomic mass is 10.0. The molecule has 0 saturated carbocycles. The van der Waals surface area contributed by atoms with Crippen LogP contribution in [0.15, 0.2) is 15.1 Å². The summed E-state index contributed by atoms with van der Waals surface area (Å²) in [6.07, 6.45) is 6.22. The molecule has 2 aromatic heterocycles. The number of carbonyl (C=O) groups is 2. The Morgan fingerprint density at radius 1 is 1.22 bits per heavy atom. The molecule has 0 fully saturated rings. The number of aryl methyl sites for hydroxylation is 1. The minimum absolute atomic E-state index is 0.000301. The molecule has 1 atom stereocenters. The Morgan fingerprint density at radius 2 is 1.96 bits per heavy atom. The van der Waals surface area contributed by atoms with Gasteiger partial charge in [0.25, 0.3) is 0 Å². The zero-order valence-electron chi connectivity index (χ0n) is 15.9. The van der Waals surface area contributed by atoms with Crippen LogP contribution >= 0.6 is 0 Å². The summed E-state index contributed by atoms with van der Waals surface area (Å²) in [5.74, 6) is 0.828. The van der Waals surface area contributed by atoms with E-state index in [9.17, 15) is 9.59 Å². The van der Waals surface area contributed by atoms with Crippen molar-refractivity contribution in [2.24, 2.45) is 5.92 Å². The molecule has 1 N–H and O–H groups in total. The maximum absolute atomic E-state index is 12.2. The third kappa shape index (κ3) is 4.37. The Hall–Kier alpha value is -2.64. The van der Waals surface area contributed by atoms with Gasteiger partial charge in [0.2, 0.25) is 17.7 Å². The van der Waals surface area contributed by atoms with E-state index in [-0.39, 0.29) is 29.5 Å². The van der Waals surface area contributed by atoms with E-state index in [2.05, 4.69) is 20.0 Å². The van der Waals surface area contributed by atoms with Crippen LogP contribution in [-0.4, -0.2) is 29.0 Å². The first-order valence-electron chi connectivity index (χ1n) is 9.32. The van der Waals surface area contributed by atoms with Crippen LogP contribution in [0.25, 0.3) is 11.6 Å². The molecule has 0 spiro atoms. The van der Waals surface area contributed by atoms with Crippen LogP contribution in [0.3, 0.4) is 0 Å². The molecule has 3 heterocycles. The smallest absolute Gasteiger partial charge is 0.360 e. The van der Waals surface area contributed by atoms with E-state index in [1.165, 1.54) is 13.4 Å². The number of methoxy groups -OCH3 is 1. The molecule has 146 valence electrons. The molecule has 0 aromatic carbocycles. The van der Waals surface area contributed by atoms with E-state index in [1.807, 2.05) is 13.8 Å². The summed E-state index contributed by atoms with van der Waals surface area (Å²) in [4.78, 5) is 32.6. The predicted molar refractivity (Wildman–Crippen MR) is 95.9 cm³/mol. The summed E-state index contributed by atoms with van der Waals surface area (Å²) in [6.45, 7) is 4.00. The summed E-state index contributed by atoms with van der Waals surface area (Å²) >= 11 is 0. The zero-order valence-corrected chi connectivity index (χ0v) is 15.9. The van der Waals surface area contributed by atoms with Crippen molar-refractivity contribution in [2.45, 2.75) is 58.4 Å². The number of ether oxygens (including phenoxy) is 1. The van der Waals surface area contributed by atoms with Crippen molar-refractivity contribution >= 4 is 11.9 Å². The molecule has 27 heavy (non-hydrogen) atoms. The number of amides is 1. The van der Waals surface area contributed by atoms with E-state index in [4.69, 9.17) is 8.83 Å². The molecule has 1 aliphatic heterocycles. The molecule has 1 amide bonds. The fourth-order valence-corrected chi connectivity index (χ4v) is 3.10. The van der Waals surface area contributed by atoms with E-state index >= 15 is 0 Å². The van der Waals surface area contributed by atoms with Crippen molar-refractivity contribution in [3.63, 3.8) is 0 Å². The van der Waals surface area contributed by atoms with Crippen molar-refractivity contribution in [3.05, 3.63) is 23.6 Å². The topological polar surface area (TPSA) is 107 Å². The molecule has 8 nitrogen and oxygen atoms in total. The average molecular weight is 375 g/mol. The molecule has 2 bridgehead atoms. The molecule has 0 radical (unpaired) electrons. The Balaban J connectivity index is 1.99. The standard InChI is InChI=1S/C19H25N3O5/c1-11(2)15-18-22-16(17-20-12(10-26-17)19(24)25-3)13(27-18)8-6-4-5-7-9-14(23)21-15/h10-11,15H,4-9H2,1-3H3,(H,21,23). The SMILES string of the molecule is COC(=O)c1coc(-c2nc3oc2CCCCCCC(=O)NC3C(C)C)n1. The summed E-state index contributed by atoms with van der Waals surface area (Å²) < 4.78 is 16.1. The van der Waals surface area contributed by atoms with Gasteiger partial charge in [0.15, 0.2) is 11.4 Å². The van der Waals surface area contributed by atoms with Gasteiger partial charge in [0.1, 0.15) is 18.1 Å². The van der Waals surface area contributed by atoms with Gasteiger partial charge >= 0.3 is 5.97 Å². The first kappa shape index (κ1) is 19.1. The molecule has 1 unspecified atom stereocenters. The second kappa shape index (κ2) is 8.37. The first-order valence-corrected chi connectivity index (χ1v) is 9.32. The van der Waals surface area contributed by atoms with Crippen LogP contribution < -0.4 is 5.32 Å². The van der Waals surface area contributed by atoms with Crippen molar-refractivity contribution in [1.29, 1.82) is 0 Å². The van der Waals surface area contributed by atoms with Crippen molar-refractivity contribution in [2.75, 3.05) is 7.11 Å². The third-order valence-corrected chi connectivity index (χ3v) is 4.62. The van der Waals surface area contributed by atoms with Gasteiger partial charge in [-0.25, -0.2) is 14.8 Å². The predicted octanol–water partition coefficient (Wildman–Crippen LogP) is 3.44. The highest BCUT2D eigenvalue weighted by molar-refractivity contribution is 5.87. The van der Waals surface area contributed by atoms with Gasteiger partial charge in [-0.15, -0.1) is 0 Å². The Morgan fingerprint density at radius 3 is 2.67 bits per heavy atom. The second-order valence-electron chi connectivity index (χ2n) is 7.06. The first-order chi connectivity index (χ1) is 13.0. The maximum Gasteiger partial charge on any atom is 0.360 e. The molecule has 3 rings (SSSR count). The zero-order chi connectivity index (χ0) is 19.4. The fourth-order valence-electron chi connectivity index (χ4n) is 3.10. The van der Waals surface area contributed by atoms with Crippen LogP contribution in [0.4, 0.5) is 0 Å². The van der Waals surface area contributed by atoms with E-state index in [1.54, 1.807) is 0 Å². The van der Waals surface area contributed by atoms with Crippen molar-refractivity contribution in [1.82, 2.24) is 15.3 Å². The number of carbonyl (C=O) groups excluding carboxylic acids is 2. The quantitative estimate of drug-likeness (QED) is 0.819. The summed E-state index contributed by atoms with van der Waals surface area (Å²) in [7, 11) is 1.29. The third-order valence-electron chi connectivity index (χ3n) is 4.62. The number of nitrogens with zero attached hydrogens (tertiary/aromatic N) is 2. The monoisotopic (exact) mass is 375 g/mol. The van der Waals surface area contributed by atoms with Crippen LogP contribution in [0.2, 0.25) is 0 Å². The van der Waals surface area contributed by atoms with Gasteiger partial charge in [0.05, 0.1) is 7.11 Å². The molecule has 2 aromatic rings. The van der Waals surface area contributed by atoms with Crippen molar-refractivity contribution < 1.29 is 23.2 Å². The van der Waals surface area contributed by atoms with Gasteiger partial charge in [0, 0.05) is 12.8 Å². The minimum Gasteiger partial charge on any atom is -0.464 e. The van der Waals surface area contributed by atoms with Gasteiger partial charge in [-0.2, -0.15) is 0 Å². The summed E-state index contributed by atoms with van der Waals surface area (Å²) in [6, 6.07) is -0.334. The fraction of sp³-hybridized carbons (Fsp3) is 0.579. The number of esters is 1. The second-order valence-corrected chi connectivity index (χ2v) is 7.06. The van der Waals surface area contributed by atoms with E-state index in [0.29, 0.717) is 30.2 Å². The largest absolute Gasteiger partial charge is 0.464 e. The number of hydrogen-bond donors (Lipinski definition) is 1. The Kier molecular flexibility index (Phi) is 5.93. The maximum atomic E-state index is 12.2. The van der Waals surface area contributed by atoms with Crippen LogP contribution in [0, 0.1) is 5.92 Å². The normalized spacial score (nSPS) is 18.5. The van der Waals surface area contributed by atoms with Crippen LogP contribution in [0.1, 0.15) is 74.1 Å². The van der Waals surface area contributed by atoms with Gasteiger partial charge < -0.3 is 18.9 Å². The lowest BCUT2D eigenvalue weighted by Gasteiger charge is -2.19. The van der Waals surface area contributed by atoms with Crippen LogP contribution in [-0.2, 0) is 16.0 Å². The number of fused-ring (bicyclic) bond motifs is 2. The molecule has 0 aliphatic carbocycles. The number of rotatable bonds is 3. The molecule has 8 heteroatoms. The summed E-state index contributed by atoms with van der Waals surface area (Å²) in [5.41, 5.74) is 0.550. The molecule has 1 aliphatic rings. The lowest BCUT2D eigenvalue weighted by molar-refractivity contribution is -0.122. The highest BCUT2D eigenvalue weighted by atomic mass is 16.5. The lowest BCUT2D eigenvalue weighted by Crippen LogP contribution is -2.31. The Labute approximate surface area is 157 Å².